The van der Waals surface area contributed by atoms with Crippen LogP contribution >= 0.6 is 0 Å². The lowest BCUT2D eigenvalue weighted by atomic mass is 9.73. The monoisotopic (exact) mass is 256 g/mol. The molecule has 0 bridgehead atoms. The molecular weight excluding hydrogens is 220 g/mol. The van der Waals surface area contributed by atoms with Crippen molar-refractivity contribution in [3.05, 3.63) is 0 Å². The van der Waals surface area contributed by atoms with Crippen LogP contribution in [0.15, 0.2) is 0 Å². The Kier molecular flexibility index (Phi) is 10.8. The summed E-state index contributed by atoms with van der Waals surface area (Å²) < 4.78 is 0. The maximum absolute atomic E-state index is 10.1. The molecule has 0 aromatic carbocycles. The van der Waals surface area contributed by atoms with Gasteiger partial charge in [-0.2, -0.15) is 0 Å². The van der Waals surface area contributed by atoms with Crippen molar-refractivity contribution in [2.75, 3.05) is 0 Å². The SMILES string of the molecule is CCCCCC(O)CCC(CC)(CC)CCCC. The summed E-state index contributed by atoms with van der Waals surface area (Å²) >= 11 is 0. The van der Waals surface area contributed by atoms with Crippen molar-refractivity contribution in [3.63, 3.8) is 0 Å². The van der Waals surface area contributed by atoms with Crippen LogP contribution in [0.2, 0.25) is 0 Å². The first-order valence-electron chi connectivity index (χ1n) is 8.32. The standard InChI is InChI=1S/C17H36O/c1-5-9-11-12-16(18)13-15-17(7-3,8-4)14-10-6-2/h16,18H,5-15H2,1-4H3. The molecule has 0 fully saturated rings. The second-order valence-electron chi connectivity index (χ2n) is 6.00. The minimum absolute atomic E-state index is 0.0596. The van der Waals surface area contributed by atoms with Crippen LogP contribution in [0.3, 0.4) is 0 Å². The van der Waals surface area contributed by atoms with Crippen LogP contribution in [0.25, 0.3) is 0 Å². The molecule has 0 saturated heterocycles. The molecule has 0 aliphatic heterocycles. The lowest BCUT2D eigenvalue weighted by Crippen LogP contribution is -2.21. The summed E-state index contributed by atoms with van der Waals surface area (Å²) in [5, 5.41) is 10.1. The molecule has 0 aromatic heterocycles. The molecule has 1 N–H and O–H groups in total. The van der Waals surface area contributed by atoms with E-state index in [1.807, 2.05) is 0 Å². The van der Waals surface area contributed by atoms with Gasteiger partial charge in [-0.1, -0.05) is 72.6 Å². The number of unbranched alkanes of at least 4 members (excludes halogenated alkanes) is 3. The van der Waals surface area contributed by atoms with Gasteiger partial charge in [-0.05, 0) is 31.1 Å². The Morgan fingerprint density at radius 1 is 0.778 bits per heavy atom. The van der Waals surface area contributed by atoms with E-state index in [0.29, 0.717) is 5.41 Å². The van der Waals surface area contributed by atoms with Crippen LogP contribution in [0.1, 0.15) is 98.3 Å². The maximum Gasteiger partial charge on any atom is 0.0540 e. The van der Waals surface area contributed by atoms with E-state index < -0.39 is 0 Å². The van der Waals surface area contributed by atoms with Crippen molar-refractivity contribution < 1.29 is 5.11 Å². The molecule has 0 spiro atoms. The summed E-state index contributed by atoms with van der Waals surface area (Å²) in [4.78, 5) is 0. The Morgan fingerprint density at radius 2 is 1.39 bits per heavy atom. The maximum atomic E-state index is 10.1. The van der Waals surface area contributed by atoms with Gasteiger partial charge >= 0.3 is 0 Å². The summed E-state index contributed by atoms with van der Waals surface area (Å²) in [6, 6.07) is 0. The number of hydrogen-bond acceptors (Lipinski definition) is 1. The predicted octanol–water partition coefficient (Wildman–Crippen LogP) is 5.70. The molecule has 0 aliphatic rings. The highest BCUT2D eigenvalue weighted by molar-refractivity contribution is 4.77. The van der Waals surface area contributed by atoms with Gasteiger partial charge in [0.05, 0.1) is 6.10 Å². The zero-order valence-electron chi connectivity index (χ0n) is 13.3. The van der Waals surface area contributed by atoms with E-state index in [0.717, 1.165) is 12.8 Å². The third-order valence-corrected chi connectivity index (χ3v) is 4.71. The highest BCUT2D eigenvalue weighted by atomic mass is 16.3. The fraction of sp³-hybridized carbons (Fsp3) is 1.00. The molecule has 0 saturated carbocycles. The molecule has 0 rings (SSSR count). The third kappa shape index (κ3) is 7.41. The molecule has 0 amide bonds. The van der Waals surface area contributed by atoms with Gasteiger partial charge in [-0.25, -0.2) is 0 Å². The van der Waals surface area contributed by atoms with Crippen LogP contribution in [0, 0.1) is 5.41 Å². The Hall–Kier alpha value is -0.0400. The molecule has 18 heavy (non-hydrogen) atoms. The van der Waals surface area contributed by atoms with Gasteiger partial charge in [-0.3, -0.25) is 0 Å². The zero-order chi connectivity index (χ0) is 13.9. The van der Waals surface area contributed by atoms with E-state index in [-0.39, 0.29) is 6.10 Å². The minimum atomic E-state index is -0.0596. The fourth-order valence-electron chi connectivity index (χ4n) is 2.88. The van der Waals surface area contributed by atoms with Crippen molar-refractivity contribution in [2.24, 2.45) is 5.41 Å². The molecule has 1 atom stereocenters. The normalized spacial score (nSPS) is 13.8. The topological polar surface area (TPSA) is 20.2 Å². The van der Waals surface area contributed by atoms with Gasteiger partial charge in [0.1, 0.15) is 0 Å². The fourth-order valence-corrected chi connectivity index (χ4v) is 2.88. The Bertz CT molecular complexity index is 172. The first kappa shape index (κ1) is 18.0. The quantitative estimate of drug-likeness (QED) is 0.444. The molecule has 110 valence electrons. The van der Waals surface area contributed by atoms with E-state index in [2.05, 4.69) is 27.7 Å². The van der Waals surface area contributed by atoms with Gasteiger partial charge in [-0.15, -0.1) is 0 Å². The molecule has 0 aliphatic carbocycles. The van der Waals surface area contributed by atoms with Gasteiger partial charge in [0.25, 0.3) is 0 Å². The van der Waals surface area contributed by atoms with Crippen molar-refractivity contribution >= 4 is 0 Å². The van der Waals surface area contributed by atoms with E-state index in [4.69, 9.17) is 0 Å². The molecule has 0 aromatic rings. The van der Waals surface area contributed by atoms with Crippen molar-refractivity contribution in [3.8, 4) is 0 Å². The highest BCUT2D eigenvalue weighted by Gasteiger charge is 2.25. The van der Waals surface area contributed by atoms with Gasteiger partial charge in [0.2, 0.25) is 0 Å². The summed E-state index contributed by atoms with van der Waals surface area (Å²) in [7, 11) is 0. The van der Waals surface area contributed by atoms with Gasteiger partial charge in [0.15, 0.2) is 0 Å². The largest absolute Gasteiger partial charge is 0.393 e. The van der Waals surface area contributed by atoms with E-state index in [1.165, 1.54) is 57.8 Å². The number of aliphatic hydroxyl groups is 1. The number of aliphatic hydroxyl groups excluding tert-OH is 1. The van der Waals surface area contributed by atoms with Gasteiger partial charge in [0, 0.05) is 0 Å². The van der Waals surface area contributed by atoms with Crippen molar-refractivity contribution in [1.29, 1.82) is 0 Å². The van der Waals surface area contributed by atoms with Crippen LogP contribution in [-0.4, -0.2) is 11.2 Å². The Labute approximate surface area is 115 Å². The van der Waals surface area contributed by atoms with E-state index in [1.54, 1.807) is 0 Å². The predicted molar refractivity (Wildman–Crippen MR) is 81.9 cm³/mol. The van der Waals surface area contributed by atoms with E-state index >= 15 is 0 Å². The molecule has 0 radical (unpaired) electrons. The second-order valence-corrected chi connectivity index (χ2v) is 6.00. The average Bonchev–Trinajstić information content (AvgIpc) is 2.40. The average molecular weight is 256 g/mol. The summed E-state index contributed by atoms with van der Waals surface area (Å²) in [6.07, 6.45) is 13.4. The summed E-state index contributed by atoms with van der Waals surface area (Å²) in [5.41, 5.74) is 0.502. The summed E-state index contributed by atoms with van der Waals surface area (Å²) in [6.45, 7) is 9.14. The molecule has 1 nitrogen and oxygen atoms in total. The Balaban J connectivity index is 4.00. The lowest BCUT2D eigenvalue weighted by Gasteiger charge is -2.32. The Morgan fingerprint density at radius 3 is 1.89 bits per heavy atom. The smallest absolute Gasteiger partial charge is 0.0540 e. The van der Waals surface area contributed by atoms with Crippen molar-refractivity contribution in [1.82, 2.24) is 0 Å². The third-order valence-electron chi connectivity index (χ3n) is 4.71. The van der Waals surface area contributed by atoms with Crippen LogP contribution < -0.4 is 0 Å². The van der Waals surface area contributed by atoms with Crippen LogP contribution in [0.4, 0.5) is 0 Å². The first-order valence-corrected chi connectivity index (χ1v) is 8.32. The summed E-state index contributed by atoms with van der Waals surface area (Å²) in [5.74, 6) is 0. The molecule has 1 heteroatoms. The first-order chi connectivity index (χ1) is 8.64. The zero-order valence-corrected chi connectivity index (χ0v) is 13.3. The van der Waals surface area contributed by atoms with Gasteiger partial charge < -0.3 is 5.11 Å². The number of hydrogen-bond donors (Lipinski definition) is 1. The van der Waals surface area contributed by atoms with Crippen LogP contribution in [0.5, 0.6) is 0 Å². The molecule has 1 unspecified atom stereocenters. The molecular formula is C17H36O. The van der Waals surface area contributed by atoms with E-state index in [9.17, 15) is 5.11 Å². The molecule has 0 heterocycles. The minimum Gasteiger partial charge on any atom is -0.393 e. The highest BCUT2D eigenvalue weighted by Crippen LogP contribution is 2.38. The van der Waals surface area contributed by atoms with Crippen molar-refractivity contribution in [2.45, 2.75) is 104 Å². The second kappa shape index (κ2) is 10.8. The number of rotatable bonds is 12. The van der Waals surface area contributed by atoms with Crippen LogP contribution in [-0.2, 0) is 0 Å². The lowest BCUT2D eigenvalue weighted by molar-refractivity contribution is 0.112.